The summed E-state index contributed by atoms with van der Waals surface area (Å²) in [5.74, 6) is 1.69. The Balaban J connectivity index is 2.20. The van der Waals surface area contributed by atoms with E-state index in [0.29, 0.717) is 0 Å². The van der Waals surface area contributed by atoms with E-state index in [4.69, 9.17) is 0 Å². The van der Waals surface area contributed by atoms with E-state index >= 15 is 0 Å². The van der Waals surface area contributed by atoms with Crippen LogP contribution in [0.15, 0.2) is 22.5 Å². The summed E-state index contributed by atoms with van der Waals surface area (Å²) >= 11 is 0. The fourth-order valence-electron chi connectivity index (χ4n) is 3.68. The summed E-state index contributed by atoms with van der Waals surface area (Å²) in [5.41, 5.74) is 1.57. The monoisotopic (exact) mass is 311 g/mol. The van der Waals surface area contributed by atoms with Crippen molar-refractivity contribution in [3.63, 3.8) is 0 Å². The normalized spacial score (nSPS) is 31.2. The van der Waals surface area contributed by atoms with Crippen LogP contribution in [0.1, 0.15) is 59.3 Å². The molecule has 2 unspecified atom stereocenters. The molecule has 0 radical (unpaired) electrons. The molecule has 0 aromatic heterocycles. The molecule has 0 bridgehead atoms. The average Bonchev–Trinajstić information content (AvgIpc) is 2.94. The number of allylic oxidation sites excluding steroid dienone is 2. The van der Waals surface area contributed by atoms with Gasteiger partial charge in [-0.15, -0.1) is 10.2 Å². The summed E-state index contributed by atoms with van der Waals surface area (Å²) < 4.78 is 2.58. The predicted octanol–water partition coefficient (Wildman–Crippen LogP) is 4.81. The standard InChI is InChI=1S/C18H33NOS/c1-4-18(20)15-21(19(5-2)6-3)13-12-17(14-21)16-10-8-7-9-11-16/h12-14,16,18,20H,4-11,15H2,1-3H3. The van der Waals surface area contributed by atoms with Crippen molar-refractivity contribution in [2.24, 2.45) is 5.92 Å². The van der Waals surface area contributed by atoms with Crippen molar-refractivity contribution in [1.82, 2.24) is 4.31 Å². The molecular weight excluding hydrogens is 278 g/mol. The molecule has 0 spiro atoms. The van der Waals surface area contributed by atoms with Gasteiger partial charge in [-0.1, -0.05) is 46.1 Å². The second-order valence-corrected chi connectivity index (χ2v) is 9.38. The van der Waals surface area contributed by atoms with Crippen molar-refractivity contribution in [3.8, 4) is 0 Å². The lowest BCUT2D eigenvalue weighted by molar-refractivity contribution is 0.193. The molecule has 2 nitrogen and oxygen atoms in total. The van der Waals surface area contributed by atoms with Gasteiger partial charge in [0.25, 0.3) is 0 Å². The Kier molecular flexibility index (Phi) is 6.39. The quantitative estimate of drug-likeness (QED) is 0.729. The van der Waals surface area contributed by atoms with Gasteiger partial charge in [0, 0.05) is 18.8 Å². The Morgan fingerprint density at radius 3 is 2.43 bits per heavy atom. The second-order valence-electron chi connectivity index (χ2n) is 6.41. The van der Waals surface area contributed by atoms with Crippen LogP contribution in [0.2, 0.25) is 0 Å². The Hall–Kier alpha value is -0.250. The van der Waals surface area contributed by atoms with Crippen molar-refractivity contribution in [2.75, 3.05) is 18.8 Å². The molecule has 1 saturated carbocycles. The number of aliphatic hydroxyl groups is 1. The summed E-state index contributed by atoms with van der Waals surface area (Å²) in [5, 5.41) is 15.3. The molecule has 21 heavy (non-hydrogen) atoms. The summed E-state index contributed by atoms with van der Waals surface area (Å²) in [6, 6.07) is 0. The van der Waals surface area contributed by atoms with E-state index in [1.165, 1.54) is 32.1 Å². The molecule has 0 aromatic carbocycles. The lowest BCUT2D eigenvalue weighted by Crippen LogP contribution is -2.30. The molecule has 1 fully saturated rings. The van der Waals surface area contributed by atoms with E-state index < -0.39 is 10.2 Å². The molecule has 1 aliphatic carbocycles. The fourth-order valence-corrected chi connectivity index (χ4v) is 7.45. The lowest BCUT2D eigenvalue weighted by atomic mass is 9.84. The van der Waals surface area contributed by atoms with Gasteiger partial charge in [-0.05, 0) is 41.6 Å². The van der Waals surface area contributed by atoms with Crippen molar-refractivity contribution in [3.05, 3.63) is 22.5 Å². The van der Waals surface area contributed by atoms with E-state index in [0.717, 1.165) is 31.2 Å². The van der Waals surface area contributed by atoms with Crippen LogP contribution in [0.25, 0.3) is 0 Å². The number of nitrogens with zero attached hydrogens (tertiary/aromatic N) is 1. The first-order chi connectivity index (χ1) is 10.1. The molecule has 2 atom stereocenters. The third kappa shape index (κ3) is 3.94. The van der Waals surface area contributed by atoms with E-state index in [1.54, 1.807) is 5.57 Å². The second kappa shape index (κ2) is 7.85. The molecular formula is C18H33NOS. The van der Waals surface area contributed by atoms with Crippen LogP contribution in [0.5, 0.6) is 0 Å². The summed E-state index contributed by atoms with van der Waals surface area (Å²) in [4.78, 5) is 0. The lowest BCUT2D eigenvalue weighted by Gasteiger charge is -2.44. The largest absolute Gasteiger partial charge is 0.392 e. The summed E-state index contributed by atoms with van der Waals surface area (Å²) in [6.07, 6.45) is 9.99. The van der Waals surface area contributed by atoms with E-state index in [1.807, 2.05) is 0 Å². The summed E-state index contributed by atoms with van der Waals surface area (Å²) in [7, 11) is -1.07. The number of hydrogen-bond donors (Lipinski definition) is 1. The zero-order valence-corrected chi connectivity index (χ0v) is 14.9. The first-order valence-electron chi connectivity index (χ1n) is 8.79. The van der Waals surface area contributed by atoms with Gasteiger partial charge in [0.1, 0.15) is 0 Å². The van der Waals surface area contributed by atoms with Crippen molar-refractivity contribution >= 4 is 10.2 Å². The predicted molar refractivity (Wildman–Crippen MR) is 95.5 cm³/mol. The Labute approximate surface area is 132 Å². The van der Waals surface area contributed by atoms with Crippen LogP contribution in [-0.4, -0.2) is 34.4 Å². The van der Waals surface area contributed by atoms with E-state index in [9.17, 15) is 5.11 Å². The molecule has 122 valence electrons. The smallest absolute Gasteiger partial charge is 0.0630 e. The van der Waals surface area contributed by atoms with Crippen LogP contribution < -0.4 is 0 Å². The number of rotatable bonds is 7. The molecule has 0 aromatic rings. The molecule has 2 aliphatic rings. The van der Waals surface area contributed by atoms with Gasteiger partial charge in [0.05, 0.1) is 6.10 Å². The first kappa shape index (κ1) is 17.1. The first-order valence-corrected chi connectivity index (χ1v) is 10.7. The van der Waals surface area contributed by atoms with Crippen molar-refractivity contribution in [1.29, 1.82) is 0 Å². The fraction of sp³-hybridized carbons (Fsp3) is 0.778. The molecule has 1 heterocycles. The van der Waals surface area contributed by atoms with Gasteiger partial charge in [-0.2, -0.15) is 0 Å². The Bertz CT molecular complexity index is 383. The third-order valence-electron chi connectivity index (χ3n) is 5.03. The van der Waals surface area contributed by atoms with Gasteiger partial charge < -0.3 is 5.11 Å². The minimum absolute atomic E-state index is 0.174. The van der Waals surface area contributed by atoms with Crippen LogP contribution >= 0.6 is 10.2 Å². The highest BCUT2D eigenvalue weighted by atomic mass is 32.3. The van der Waals surface area contributed by atoms with Gasteiger partial charge in [-0.25, -0.2) is 0 Å². The van der Waals surface area contributed by atoms with Crippen LogP contribution in [0.3, 0.4) is 0 Å². The minimum atomic E-state index is -1.07. The zero-order valence-electron chi connectivity index (χ0n) is 14.1. The molecule has 1 N–H and O–H groups in total. The highest BCUT2D eigenvalue weighted by molar-refractivity contribution is 8.36. The Morgan fingerprint density at radius 1 is 1.19 bits per heavy atom. The molecule has 0 saturated heterocycles. The average molecular weight is 312 g/mol. The molecule has 2 rings (SSSR count). The maximum absolute atomic E-state index is 10.3. The van der Waals surface area contributed by atoms with Crippen molar-refractivity contribution < 1.29 is 5.11 Å². The van der Waals surface area contributed by atoms with Crippen LogP contribution in [-0.2, 0) is 0 Å². The highest BCUT2D eigenvalue weighted by Crippen LogP contribution is 2.60. The van der Waals surface area contributed by atoms with Crippen molar-refractivity contribution in [2.45, 2.75) is 65.4 Å². The number of hydrogen-bond acceptors (Lipinski definition) is 2. The maximum atomic E-state index is 10.3. The summed E-state index contributed by atoms with van der Waals surface area (Å²) in [6.45, 7) is 8.72. The number of aliphatic hydroxyl groups excluding tert-OH is 1. The van der Waals surface area contributed by atoms with E-state index in [-0.39, 0.29) is 6.10 Å². The highest BCUT2D eigenvalue weighted by Gasteiger charge is 2.32. The van der Waals surface area contributed by atoms with Crippen LogP contribution in [0, 0.1) is 5.92 Å². The topological polar surface area (TPSA) is 23.5 Å². The van der Waals surface area contributed by atoms with Gasteiger partial charge >= 0.3 is 0 Å². The SMILES string of the molecule is CCC(O)CS1(N(CC)CC)C=CC(C2CCCCC2)=C1. The third-order valence-corrected chi connectivity index (χ3v) is 8.71. The maximum Gasteiger partial charge on any atom is 0.0630 e. The van der Waals surface area contributed by atoms with Gasteiger partial charge in [0.2, 0.25) is 0 Å². The molecule has 3 heteroatoms. The Morgan fingerprint density at radius 2 is 1.86 bits per heavy atom. The van der Waals surface area contributed by atoms with E-state index in [2.05, 4.69) is 42.0 Å². The molecule has 1 aliphatic heterocycles. The van der Waals surface area contributed by atoms with Gasteiger partial charge in [0.15, 0.2) is 0 Å². The molecule has 0 amide bonds. The zero-order chi connectivity index (χ0) is 15.3. The van der Waals surface area contributed by atoms with Crippen LogP contribution in [0.4, 0.5) is 0 Å². The minimum Gasteiger partial charge on any atom is -0.392 e. The van der Waals surface area contributed by atoms with Gasteiger partial charge in [-0.3, -0.25) is 4.31 Å².